The van der Waals surface area contributed by atoms with E-state index in [1.807, 2.05) is 0 Å². The molecule has 3 rings (SSSR count). The van der Waals surface area contributed by atoms with Crippen molar-refractivity contribution in [2.24, 2.45) is 0 Å². The summed E-state index contributed by atoms with van der Waals surface area (Å²) in [6, 6.07) is 16.0. The monoisotopic (exact) mass is 512 g/mol. The third-order valence-electron chi connectivity index (χ3n) is 3.75. The Bertz CT molecular complexity index is 1260. The van der Waals surface area contributed by atoms with Crippen LogP contribution >= 0.6 is 27.5 Å². The lowest BCUT2D eigenvalue weighted by molar-refractivity contribution is 0.595. The summed E-state index contributed by atoms with van der Waals surface area (Å²) >= 11 is 9.16. The third kappa shape index (κ3) is 4.87. The number of rotatable bonds is 6. The van der Waals surface area contributed by atoms with Gasteiger partial charge in [0.05, 0.1) is 9.79 Å². The molecule has 1 aromatic heterocycles. The first kappa shape index (κ1) is 21.5. The SMILES string of the molecule is O=S(=O)(C(=CNc1ccc(Br)cn1)S(=O)(=O)c1cccc(Cl)c1)c1ccccc1. The topological polar surface area (TPSA) is 93.2 Å². The zero-order valence-electron chi connectivity index (χ0n) is 14.7. The second kappa shape index (κ2) is 8.66. The van der Waals surface area contributed by atoms with Crippen LogP contribution in [0.1, 0.15) is 0 Å². The van der Waals surface area contributed by atoms with E-state index in [2.05, 4.69) is 26.2 Å². The fourth-order valence-electron chi connectivity index (χ4n) is 2.36. The number of halogens is 2. The van der Waals surface area contributed by atoms with E-state index >= 15 is 0 Å². The summed E-state index contributed by atoms with van der Waals surface area (Å²) in [7, 11) is -8.79. The molecule has 0 spiro atoms. The van der Waals surface area contributed by atoms with Gasteiger partial charge in [0.25, 0.3) is 0 Å². The van der Waals surface area contributed by atoms with E-state index in [4.69, 9.17) is 11.6 Å². The molecule has 0 radical (unpaired) electrons. The van der Waals surface area contributed by atoms with Crippen molar-refractivity contribution < 1.29 is 16.8 Å². The molecule has 150 valence electrons. The van der Waals surface area contributed by atoms with Crippen LogP contribution in [0.2, 0.25) is 5.02 Å². The molecular weight excluding hydrogens is 500 g/mol. The highest BCUT2D eigenvalue weighted by molar-refractivity contribution is 9.10. The second-order valence-electron chi connectivity index (χ2n) is 5.75. The van der Waals surface area contributed by atoms with Gasteiger partial charge in [0.15, 0.2) is 4.24 Å². The number of nitrogens with one attached hydrogen (secondary N) is 1. The fraction of sp³-hybridized carbons (Fsp3) is 0. The number of hydrogen-bond acceptors (Lipinski definition) is 6. The van der Waals surface area contributed by atoms with Crippen molar-refractivity contribution in [1.29, 1.82) is 0 Å². The molecule has 0 saturated heterocycles. The molecule has 1 heterocycles. The van der Waals surface area contributed by atoms with Gasteiger partial charge in [-0.15, -0.1) is 0 Å². The summed E-state index contributed by atoms with van der Waals surface area (Å²) in [5.74, 6) is 0.273. The highest BCUT2D eigenvalue weighted by atomic mass is 79.9. The summed E-state index contributed by atoms with van der Waals surface area (Å²) in [4.78, 5) is 3.68. The molecular formula is C19H14BrClN2O4S2. The van der Waals surface area contributed by atoms with Gasteiger partial charge in [0.2, 0.25) is 19.7 Å². The molecule has 29 heavy (non-hydrogen) atoms. The minimum atomic E-state index is -4.42. The van der Waals surface area contributed by atoms with Crippen LogP contribution < -0.4 is 5.32 Å². The second-order valence-corrected chi connectivity index (χ2v) is 11.2. The van der Waals surface area contributed by atoms with E-state index in [-0.39, 0.29) is 20.6 Å². The Balaban J connectivity index is 2.16. The first-order chi connectivity index (χ1) is 13.7. The lowest BCUT2D eigenvalue weighted by atomic mass is 10.4. The minimum Gasteiger partial charge on any atom is -0.345 e. The zero-order valence-corrected chi connectivity index (χ0v) is 18.6. The summed E-state index contributed by atoms with van der Waals surface area (Å²) in [5.41, 5.74) is 0. The van der Waals surface area contributed by atoms with Crippen molar-refractivity contribution in [2.75, 3.05) is 5.32 Å². The fourth-order valence-corrected chi connectivity index (χ4v) is 6.53. The van der Waals surface area contributed by atoms with Crippen LogP contribution in [0.4, 0.5) is 5.82 Å². The Kier molecular flexibility index (Phi) is 6.42. The average molecular weight is 514 g/mol. The van der Waals surface area contributed by atoms with Crippen molar-refractivity contribution in [3.63, 3.8) is 0 Å². The van der Waals surface area contributed by atoms with Crippen molar-refractivity contribution in [3.05, 3.63) is 92.9 Å². The molecule has 0 aliphatic carbocycles. The summed E-state index contributed by atoms with van der Waals surface area (Å²) in [5, 5.41) is 2.82. The average Bonchev–Trinajstić information content (AvgIpc) is 2.70. The molecule has 0 aliphatic heterocycles. The first-order valence-electron chi connectivity index (χ1n) is 8.10. The normalized spacial score (nSPS) is 12.6. The summed E-state index contributed by atoms with van der Waals surface area (Å²) in [6.07, 6.45) is 2.42. The van der Waals surface area contributed by atoms with Gasteiger partial charge in [-0.25, -0.2) is 21.8 Å². The molecule has 3 aromatic rings. The Labute approximate surface area is 182 Å². The summed E-state index contributed by atoms with van der Waals surface area (Å²) in [6.45, 7) is 0. The lowest BCUT2D eigenvalue weighted by Gasteiger charge is -2.12. The van der Waals surface area contributed by atoms with Gasteiger partial charge in [-0.3, -0.25) is 0 Å². The van der Waals surface area contributed by atoms with Gasteiger partial charge in [-0.05, 0) is 58.4 Å². The number of hydrogen-bond donors (Lipinski definition) is 1. The Hall–Kier alpha value is -2.20. The van der Waals surface area contributed by atoms with Crippen LogP contribution in [0.5, 0.6) is 0 Å². The van der Waals surface area contributed by atoms with Crippen LogP contribution in [0, 0.1) is 0 Å². The van der Waals surface area contributed by atoms with E-state index in [1.54, 1.807) is 18.2 Å². The maximum absolute atomic E-state index is 13.2. The van der Waals surface area contributed by atoms with E-state index in [0.717, 1.165) is 10.7 Å². The number of nitrogens with zero attached hydrogens (tertiary/aromatic N) is 1. The minimum absolute atomic E-state index is 0.151. The van der Waals surface area contributed by atoms with Gasteiger partial charge < -0.3 is 5.32 Å². The van der Waals surface area contributed by atoms with E-state index in [9.17, 15) is 16.8 Å². The number of aromatic nitrogens is 1. The third-order valence-corrected chi connectivity index (χ3v) is 8.84. The van der Waals surface area contributed by atoms with Gasteiger partial charge in [-0.1, -0.05) is 35.9 Å². The van der Waals surface area contributed by atoms with Crippen LogP contribution in [0.25, 0.3) is 0 Å². The smallest absolute Gasteiger partial charge is 0.219 e. The molecule has 0 saturated carbocycles. The maximum atomic E-state index is 13.2. The molecule has 0 unspecified atom stereocenters. The van der Waals surface area contributed by atoms with Gasteiger partial charge in [-0.2, -0.15) is 0 Å². The number of benzene rings is 2. The Morgan fingerprint density at radius 2 is 1.55 bits per heavy atom. The van der Waals surface area contributed by atoms with Crippen LogP contribution in [0.15, 0.2) is 97.6 Å². The van der Waals surface area contributed by atoms with Gasteiger partial charge >= 0.3 is 0 Å². The lowest BCUT2D eigenvalue weighted by Crippen LogP contribution is -2.16. The predicted molar refractivity (Wildman–Crippen MR) is 116 cm³/mol. The molecule has 1 N–H and O–H groups in total. The number of sulfone groups is 2. The van der Waals surface area contributed by atoms with Crippen molar-refractivity contribution >= 4 is 53.0 Å². The molecule has 10 heteroatoms. The van der Waals surface area contributed by atoms with Gasteiger partial charge in [0, 0.05) is 21.9 Å². The zero-order chi connectivity index (χ0) is 21.1. The van der Waals surface area contributed by atoms with Crippen molar-refractivity contribution in [2.45, 2.75) is 9.79 Å². The highest BCUT2D eigenvalue weighted by Crippen LogP contribution is 2.30. The van der Waals surface area contributed by atoms with Gasteiger partial charge in [0.1, 0.15) is 5.82 Å². The molecule has 0 fully saturated rings. The standard InChI is InChI=1S/C19H14BrClN2O4S2/c20-14-9-10-18(22-12-14)23-13-19(28(24,25)16-6-2-1-3-7-16)29(26,27)17-8-4-5-15(21)11-17/h1-13H,(H,22,23). The Morgan fingerprint density at radius 1 is 0.897 bits per heavy atom. The molecule has 2 aromatic carbocycles. The van der Waals surface area contributed by atoms with E-state index < -0.39 is 23.9 Å². The molecule has 0 aliphatic rings. The van der Waals surface area contributed by atoms with Crippen molar-refractivity contribution in [1.82, 2.24) is 4.98 Å². The quantitative estimate of drug-likeness (QED) is 0.515. The van der Waals surface area contributed by atoms with Crippen molar-refractivity contribution in [3.8, 4) is 0 Å². The van der Waals surface area contributed by atoms with Crippen LogP contribution in [0.3, 0.4) is 0 Å². The molecule has 0 atom stereocenters. The highest BCUT2D eigenvalue weighted by Gasteiger charge is 2.33. The molecule has 0 bridgehead atoms. The Morgan fingerprint density at radius 3 is 2.17 bits per heavy atom. The number of pyridine rings is 1. The first-order valence-corrected chi connectivity index (χ1v) is 12.2. The molecule has 6 nitrogen and oxygen atoms in total. The van der Waals surface area contributed by atoms with E-state index in [1.165, 1.54) is 54.7 Å². The summed E-state index contributed by atoms with van der Waals surface area (Å²) < 4.78 is 52.6. The van der Waals surface area contributed by atoms with E-state index in [0.29, 0.717) is 0 Å². The van der Waals surface area contributed by atoms with Crippen LogP contribution in [-0.4, -0.2) is 21.8 Å². The van der Waals surface area contributed by atoms with Crippen LogP contribution in [-0.2, 0) is 19.7 Å². The maximum Gasteiger partial charge on any atom is 0.219 e. The largest absolute Gasteiger partial charge is 0.345 e. The predicted octanol–water partition coefficient (Wildman–Crippen LogP) is 4.66. The number of anilines is 1. The molecule has 0 amide bonds.